The van der Waals surface area contributed by atoms with Crippen molar-refractivity contribution in [1.82, 2.24) is 9.97 Å². The van der Waals surface area contributed by atoms with Crippen LogP contribution in [0, 0.1) is 12.8 Å². The first-order valence-electron chi connectivity index (χ1n) is 7.79. The SMILES string of the molecule is CCc1cc(N2CCC(OCCC(C)C)C2)nc(C)n1. The first-order valence-corrected chi connectivity index (χ1v) is 7.79. The molecule has 20 heavy (non-hydrogen) atoms. The molecule has 0 N–H and O–H groups in total. The molecule has 4 nitrogen and oxygen atoms in total. The van der Waals surface area contributed by atoms with Crippen LogP contribution in [0.5, 0.6) is 0 Å². The average molecular weight is 277 g/mol. The molecule has 0 radical (unpaired) electrons. The highest BCUT2D eigenvalue weighted by molar-refractivity contribution is 5.41. The van der Waals surface area contributed by atoms with E-state index in [4.69, 9.17) is 4.74 Å². The highest BCUT2D eigenvalue weighted by Crippen LogP contribution is 2.21. The fraction of sp³-hybridized carbons (Fsp3) is 0.750. The average Bonchev–Trinajstić information content (AvgIpc) is 2.86. The topological polar surface area (TPSA) is 38.2 Å². The Balaban J connectivity index is 1.90. The summed E-state index contributed by atoms with van der Waals surface area (Å²) in [5, 5.41) is 0. The molecule has 1 fully saturated rings. The lowest BCUT2D eigenvalue weighted by molar-refractivity contribution is 0.0609. The van der Waals surface area contributed by atoms with Gasteiger partial charge < -0.3 is 9.64 Å². The molecule has 2 heterocycles. The van der Waals surface area contributed by atoms with Crippen LogP contribution in [0.15, 0.2) is 6.07 Å². The summed E-state index contributed by atoms with van der Waals surface area (Å²) in [7, 11) is 0. The smallest absolute Gasteiger partial charge is 0.132 e. The highest BCUT2D eigenvalue weighted by atomic mass is 16.5. The van der Waals surface area contributed by atoms with Crippen molar-refractivity contribution in [1.29, 1.82) is 0 Å². The monoisotopic (exact) mass is 277 g/mol. The molecule has 1 saturated heterocycles. The number of rotatable bonds is 6. The maximum absolute atomic E-state index is 5.97. The van der Waals surface area contributed by atoms with Gasteiger partial charge in [-0.3, -0.25) is 0 Å². The summed E-state index contributed by atoms with van der Waals surface area (Å²) in [6, 6.07) is 2.11. The summed E-state index contributed by atoms with van der Waals surface area (Å²) in [5.74, 6) is 2.64. The standard InChI is InChI=1S/C16H27N3O/c1-5-14-10-16(18-13(4)17-14)19-8-6-15(11-19)20-9-7-12(2)3/h10,12,15H,5-9,11H2,1-4H3. The quantitative estimate of drug-likeness (QED) is 0.801. The number of hydrogen-bond acceptors (Lipinski definition) is 4. The minimum Gasteiger partial charge on any atom is -0.376 e. The van der Waals surface area contributed by atoms with Gasteiger partial charge in [0, 0.05) is 31.5 Å². The van der Waals surface area contributed by atoms with Crippen molar-refractivity contribution in [3.05, 3.63) is 17.6 Å². The van der Waals surface area contributed by atoms with E-state index >= 15 is 0 Å². The van der Waals surface area contributed by atoms with E-state index in [2.05, 4.69) is 41.7 Å². The maximum atomic E-state index is 5.97. The summed E-state index contributed by atoms with van der Waals surface area (Å²) in [5.41, 5.74) is 1.12. The van der Waals surface area contributed by atoms with Crippen LogP contribution in [0.2, 0.25) is 0 Å². The molecule has 0 aromatic carbocycles. The van der Waals surface area contributed by atoms with E-state index in [1.165, 1.54) is 0 Å². The molecule has 1 aromatic rings. The Hall–Kier alpha value is -1.16. The lowest BCUT2D eigenvalue weighted by Gasteiger charge is -2.19. The predicted octanol–water partition coefficient (Wildman–Crippen LogP) is 2.99. The molecular formula is C16H27N3O. The molecule has 0 aliphatic carbocycles. The molecule has 0 spiro atoms. The van der Waals surface area contributed by atoms with Gasteiger partial charge in [0.15, 0.2) is 0 Å². The zero-order valence-electron chi connectivity index (χ0n) is 13.2. The Labute approximate surface area is 122 Å². The first kappa shape index (κ1) is 15.2. The predicted molar refractivity (Wildman–Crippen MR) is 82.2 cm³/mol. The molecule has 0 bridgehead atoms. The Morgan fingerprint density at radius 1 is 1.40 bits per heavy atom. The molecule has 0 saturated carbocycles. The van der Waals surface area contributed by atoms with Gasteiger partial charge in [-0.1, -0.05) is 20.8 Å². The Morgan fingerprint density at radius 2 is 2.20 bits per heavy atom. The van der Waals surface area contributed by atoms with E-state index in [1.807, 2.05) is 6.92 Å². The van der Waals surface area contributed by atoms with Crippen LogP contribution >= 0.6 is 0 Å². The van der Waals surface area contributed by atoms with Gasteiger partial charge in [0.05, 0.1) is 6.10 Å². The maximum Gasteiger partial charge on any atom is 0.132 e. The summed E-state index contributed by atoms with van der Waals surface area (Å²) in [6.45, 7) is 11.4. The second kappa shape index (κ2) is 7.02. The third-order valence-corrected chi connectivity index (χ3v) is 3.76. The van der Waals surface area contributed by atoms with Gasteiger partial charge in [-0.2, -0.15) is 0 Å². The molecule has 1 aromatic heterocycles. The fourth-order valence-corrected chi connectivity index (χ4v) is 2.50. The van der Waals surface area contributed by atoms with E-state index in [9.17, 15) is 0 Å². The lowest BCUT2D eigenvalue weighted by atomic mass is 10.1. The first-order chi connectivity index (χ1) is 9.58. The normalized spacial score (nSPS) is 19.1. The van der Waals surface area contributed by atoms with Gasteiger partial charge in [0.1, 0.15) is 11.6 Å². The van der Waals surface area contributed by atoms with Gasteiger partial charge in [-0.05, 0) is 32.1 Å². The summed E-state index contributed by atoms with van der Waals surface area (Å²) < 4.78 is 5.97. The molecule has 1 aliphatic rings. The zero-order chi connectivity index (χ0) is 14.5. The van der Waals surface area contributed by atoms with E-state index < -0.39 is 0 Å². The number of aromatic nitrogens is 2. The Kier molecular flexibility index (Phi) is 5.35. The van der Waals surface area contributed by atoms with Crippen molar-refractivity contribution < 1.29 is 4.74 Å². The number of nitrogens with zero attached hydrogens (tertiary/aromatic N) is 3. The molecular weight excluding hydrogens is 250 g/mol. The van der Waals surface area contributed by atoms with Crippen molar-refractivity contribution in [3.8, 4) is 0 Å². The van der Waals surface area contributed by atoms with Gasteiger partial charge >= 0.3 is 0 Å². The van der Waals surface area contributed by atoms with Crippen LogP contribution in [0.3, 0.4) is 0 Å². The van der Waals surface area contributed by atoms with Gasteiger partial charge in [-0.15, -0.1) is 0 Å². The van der Waals surface area contributed by atoms with Crippen LogP contribution in [0.4, 0.5) is 5.82 Å². The third kappa shape index (κ3) is 4.17. The molecule has 1 aliphatic heterocycles. The van der Waals surface area contributed by atoms with E-state index in [0.29, 0.717) is 12.0 Å². The van der Waals surface area contributed by atoms with E-state index in [0.717, 1.165) is 56.3 Å². The van der Waals surface area contributed by atoms with Crippen molar-refractivity contribution in [2.24, 2.45) is 5.92 Å². The Morgan fingerprint density at radius 3 is 2.90 bits per heavy atom. The molecule has 1 atom stereocenters. The minimum absolute atomic E-state index is 0.356. The van der Waals surface area contributed by atoms with Crippen LogP contribution < -0.4 is 4.90 Å². The molecule has 4 heteroatoms. The summed E-state index contributed by atoms with van der Waals surface area (Å²) in [4.78, 5) is 11.3. The molecule has 2 rings (SSSR count). The molecule has 0 amide bonds. The largest absolute Gasteiger partial charge is 0.376 e. The fourth-order valence-electron chi connectivity index (χ4n) is 2.50. The molecule has 1 unspecified atom stereocenters. The van der Waals surface area contributed by atoms with Gasteiger partial charge in [-0.25, -0.2) is 9.97 Å². The van der Waals surface area contributed by atoms with Gasteiger partial charge in [0.25, 0.3) is 0 Å². The Bertz CT molecular complexity index is 434. The second-order valence-corrected chi connectivity index (χ2v) is 6.03. The third-order valence-electron chi connectivity index (χ3n) is 3.76. The lowest BCUT2D eigenvalue weighted by Crippen LogP contribution is -2.24. The summed E-state index contributed by atoms with van der Waals surface area (Å²) in [6.07, 6.45) is 3.55. The van der Waals surface area contributed by atoms with Crippen LogP contribution in [-0.2, 0) is 11.2 Å². The number of ether oxygens (including phenoxy) is 1. The second-order valence-electron chi connectivity index (χ2n) is 6.03. The highest BCUT2D eigenvalue weighted by Gasteiger charge is 2.24. The van der Waals surface area contributed by atoms with E-state index in [1.54, 1.807) is 0 Å². The van der Waals surface area contributed by atoms with Crippen molar-refractivity contribution in [2.45, 2.75) is 53.1 Å². The van der Waals surface area contributed by atoms with Crippen LogP contribution in [0.25, 0.3) is 0 Å². The van der Waals surface area contributed by atoms with Crippen LogP contribution in [0.1, 0.15) is 45.1 Å². The number of hydrogen-bond donors (Lipinski definition) is 0. The number of aryl methyl sites for hydroxylation is 2. The zero-order valence-corrected chi connectivity index (χ0v) is 13.2. The van der Waals surface area contributed by atoms with Crippen molar-refractivity contribution in [2.75, 3.05) is 24.6 Å². The number of anilines is 1. The summed E-state index contributed by atoms with van der Waals surface area (Å²) >= 11 is 0. The van der Waals surface area contributed by atoms with Gasteiger partial charge in [0.2, 0.25) is 0 Å². The van der Waals surface area contributed by atoms with Crippen molar-refractivity contribution >= 4 is 5.82 Å². The van der Waals surface area contributed by atoms with E-state index in [-0.39, 0.29) is 0 Å². The van der Waals surface area contributed by atoms with Crippen molar-refractivity contribution in [3.63, 3.8) is 0 Å². The molecule has 112 valence electrons. The van der Waals surface area contributed by atoms with Crippen LogP contribution in [-0.4, -0.2) is 35.8 Å². The minimum atomic E-state index is 0.356.